The average molecular weight is 555 g/mol. The quantitative estimate of drug-likeness (QED) is 0.125. The van der Waals surface area contributed by atoms with Gasteiger partial charge < -0.3 is 14.2 Å². The van der Waals surface area contributed by atoms with Gasteiger partial charge in [0.25, 0.3) is 0 Å². The van der Waals surface area contributed by atoms with E-state index in [0.717, 1.165) is 54.2 Å². The zero-order valence-electron chi connectivity index (χ0n) is 22.6. The van der Waals surface area contributed by atoms with Gasteiger partial charge in [0.15, 0.2) is 0 Å². The predicted molar refractivity (Wildman–Crippen MR) is 160 cm³/mol. The van der Waals surface area contributed by atoms with Crippen LogP contribution in [0.3, 0.4) is 0 Å². The first kappa shape index (κ1) is 25.7. The summed E-state index contributed by atoms with van der Waals surface area (Å²) in [6, 6.07) is 35.8. The van der Waals surface area contributed by atoms with Crippen LogP contribution in [0.5, 0.6) is 0 Å². The highest BCUT2D eigenvalue weighted by Gasteiger charge is 2.46. The fraction of sp³-hybridized carbons (Fsp3) is 0.139. The molecule has 2 unspecified atom stereocenters. The van der Waals surface area contributed by atoms with E-state index in [-0.39, 0.29) is 19.6 Å². The maximum Gasteiger partial charge on any atom is 0.348 e. The molecule has 0 bridgehead atoms. The Morgan fingerprint density at radius 3 is 1.40 bits per heavy atom. The first-order valence-corrected chi connectivity index (χ1v) is 13.9. The molecule has 1 saturated heterocycles. The number of esters is 3. The molecule has 0 aromatic heterocycles. The topological polar surface area (TPSA) is 78.9 Å². The minimum absolute atomic E-state index is 0.00481. The Bertz CT molecular complexity index is 1770. The molecular weight excluding hydrogens is 528 g/mol. The van der Waals surface area contributed by atoms with Crippen LogP contribution in [-0.2, 0) is 41.8 Å². The Kier molecular flexibility index (Phi) is 6.51. The summed E-state index contributed by atoms with van der Waals surface area (Å²) in [6.45, 7) is -0.0341. The third-order valence-corrected chi connectivity index (χ3v) is 8.03. The largest absolute Gasteiger partial charge is 0.460 e. The number of rotatable bonds is 6. The summed E-state index contributed by atoms with van der Waals surface area (Å²) < 4.78 is 16.8. The molecule has 7 rings (SSSR count). The van der Waals surface area contributed by atoms with Gasteiger partial charge in [0, 0.05) is 11.1 Å². The Balaban J connectivity index is 1.12. The predicted octanol–water partition coefficient (Wildman–Crippen LogP) is 7.02. The molecule has 0 N–H and O–H groups in total. The van der Waals surface area contributed by atoms with Gasteiger partial charge in [-0.2, -0.15) is 0 Å². The number of cyclic esters (lactones) is 1. The Labute approximate surface area is 241 Å². The molecule has 1 fully saturated rings. The van der Waals surface area contributed by atoms with Crippen molar-refractivity contribution in [1.29, 1.82) is 0 Å². The van der Waals surface area contributed by atoms with Crippen molar-refractivity contribution in [1.82, 2.24) is 0 Å². The summed E-state index contributed by atoms with van der Waals surface area (Å²) in [5.41, 5.74) is 1.72. The van der Waals surface area contributed by atoms with Crippen LogP contribution in [0, 0.1) is 5.92 Å². The van der Waals surface area contributed by atoms with Gasteiger partial charge >= 0.3 is 17.9 Å². The number of ether oxygens (including phenoxy) is 3. The minimum Gasteiger partial charge on any atom is -0.460 e. The van der Waals surface area contributed by atoms with Crippen molar-refractivity contribution in [2.24, 2.45) is 5.92 Å². The van der Waals surface area contributed by atoms with Crippen molar-refractivity contribution in [3.8, 4) is 0 Å². The Hall–Kier alpha value is -5.23. The normalized spacial score (nSPS) is 16.6. The number of hydrogen-bond acceptors (Lipinski definition) is 6. The first-order valence-electron chi connectivity index (χ1n) is 13.9. The monoisotopic (exact) mass is 554 g/mol. The summed E-state index contributed by atoms with van der Waals surface area (Å²) in [7, 11) is 0. The van der Waals surface area contributed by atoms with Gasteiger partial charge in [0.2, 0.25) is 6.10 Å². The van der Waals surface area contributed by atoms with Gasteiger partial charge in [-0.1, -0.05) is 97.1 Å². The van der Waals surface area contributed by atoms with E-state index in [0.29, 0.717) is 0 Å². The lowest BCUT2D eigenvalue weighted by molar-refractivity contribution is -0.168. The second kappa shape index (κ2) is 10.6. The minimum atomic E-state index is -1.37. The van der Waals surface area contributed by atoms with E-state index < -0.39 is 29.9 Å². The van der Waals surface area contributed by atoms with Crippen LogP contribution in [0.25, 0.3) is 43.1 Å². The van der Waals surface area contributed by atoms with Crippen molar-refractivity contribution >= 4 is 61.0 Å². The third-order valence-electron chi connectivity index (χ3n) is 8.03. The van der Waals surface area contributed by atoms with Gasteiger partial charge in [-0.25, -0.2) is 4.79 Å². The molecule has 0 amide bonds. The molecule has 0 radical (unpaired) electrons. The lowest BCUT2D eigenvalue weighted by Crippen LogP contribution is -2.34. The SMILES string of the molecule is O=C1CC(C(=O)OCc2c3ccccc3cc3ccccc23)C(C(=O)OCc2c3ccccc3cc3ccccc23)O1. The molecule has 1 aliphatic rings. The maximum absolute atomic E-state index is 13.3. The molecule has 6 aromatic rings. The molecule has 206 valence electrons. The lowest BCUT2D eigenvalue weighted by atomic mass is 9.97. The van der Waals surface area contributed by atoms with Crippen LogP contribution in [-0.4, -0.2) is 24.0 Å². The summed E-state index contributed by atoms with van der Waals surface area (Å²) in [6.07, 6.45) is -1.61. The van der Waals surface area contributed by atoms with Crippen molar-refractivity contribution in [3.05, 3.63) is 120 Å². The van der Waals surface area contributed by atoms with E-state index in [1.165, 1.54) is 0 Å². The van der Waals surface area contributed by atoms with E-state index in [2.05, 4.69) is 12.1 Å². The summed E-state index contributed by atoms with van der Waals surface area (Å²) in [5, 5.41) is 7.99. The van der Waals surface area contributed by atoms with E-state index in [1.54, 1.807) is 0 Å². The van der Waals surface area contributed by atoms with Crippen molar-refractivity contribution < 1.29 is 28.6 Å². The summed E-state index contributed by atoms with van der Waals surface area (Å²) in [4.78, 5) is 38.9. The van der Waals surface area contributed by atoms with Crippen molar-refractivity contribution in [2.75, 3.05) is 0 Å². The summed E-state index contributed by atoms with van der Waals surface area (Å²) in [5.74, 6) is -3.16. The number of carbonyl (C=O) groups excluding carboxylic acids is 3. The van der Waals surface area contributed by atoms with E-state index in [1.807, 2.05) is 97.1 Å². The zero-order valence-corrected chi connectivity index (χ0v) is 22.6. The van der Waals surface area contributed by atoms with Crippen LogP contribution in [0.1, 0.15) is 17.5 Å². The number of benzene rings is 6. The van der Waals surface area contributed by atoms with Crippen LogP contribution in [0.4, 0.5) is 0 Å². The smallest absolute Gasteiger partial charge is 0.348 e. The van der Waals surface area contributed by atoms with E-state index in [4.69, 9.17) is 14.2 Å². The van der Waals surface area contributed by atoms with Crippen LogP contribution < -0.4 is 0 Å². The van der Waals surface area contributed by atoms with E-state index in [9.17, 15) is 14.4 Å². The fourth-order valence-electron chi connectivity index (χ4n) is 5.98. The van der Waals surface area contributed by atoms with Gasteiger partial charge in [-0.3, -0.25) is 9.59 Å². The first-order chi connectivity index (χ1) is 20.6. The number of carbonyl (C=O) groups is 3. The summed E-state index contributed by atoms with van der Waals surface area (Å²) >= 11 is 0. The number of fused-ring (bicyclic) bond motifs is 4. The van der Waals surface area contributed by atoms with E-state index >= 15 is 0 Å². The van der Waals surface area contributed by atoms with Crippen LogP contribution in [0.15, 0.2) is 109 Å². The molecule has 0 saturated carbocycles. The molecule has 6 heteroatoms. The number of hydrogen-bond donors (Lipinski definition) is 0. The Morgan fingerprint density at radius 1 is 0.595 bits per heavy atom. The van der Waals surface area contributed by atoms with Crippen LogP contribution in [0.2, 0.25) is 0 Å². The molecule has 0 aliphatic carbocycles. The molecule has 6 aromatic carbocycles. The highest BCUT2D eigenvalue weighted by molar-refractivity contribution is 6.03. The van der Waals surface area contributed by atoms with Crippen molar-refractivity contribution in [2.45, 2.75) is 25.7 Å². The lowest BCUT2D eigenvalue weighted by Gasteiger charge is -2.18. The van der Waals surface area contributed by atoms with Gasteiger partial charge in [-0.05, 0) is 55.2 Å². The maximum atomic E-state index is 13.3. The standard InChI is InChI=1S/C36H26O6/c37-33-19-30(35(38)40-20-31-26-13-5-1-9-22(26)17-23-10-2-6-14-27(23)31)34(42-33)36(39)41-21-32-28-15-7-3-11-24(28)18-25-12-4-8-16-29(25)32/h1-18,30,34H,19-21H2. The van der Waals surface area contributed by atoms with Crippen molar-refractivity contribution in [3.63, 3.8) is 0 Å². The molecule has 1 aliphatic heterocycles. The second-order valence-electron chi connectivity index (χ2n) is 10.5. The van der Waals surface area contributed by atoms with Gasteiger partial charge in [0.1, 0.15) is 19.1 Å². The highest BCUT2D eigenvalue weighted by atomic mass is 16.6. The fourth-order valence-corrected chi connectivity index (χ4v) is 5.98. The molecule has 0 spiro atoms. The molecule has 42 heavy (non-hydrogen) atoms. The van der Waals surface area contributed by atoms with Gasteiger partial charge in [-0.15, -0.1) is 0 Å². The highest BCUT2D eigenvalue weighted by Crippen LogP contribution is 2.32. The molecule has 2 atom stereocenters. The molecule has 6 nitrogen and oxygen atoms in total. The van der Waals surface area contributed by atoms with Gasteiger partial charge in [0.05, 0.1) is 6.42 Å². The Morgan fingerprint density at radius 2 is 0.976 bits per heavy atom. The van der Waals surface area contributed by atoms with Crippen LogP contribution >= 0.6 is 0 Å². The molecular formula is C36H26O6. The third kappa shape index (κ3) is 4.61. The zero-order chi connectivity index (χ0) is 28.6. The molecule has 1 heterocycles. The average Bonchev–Trinajstić information content (AvgIpc) is 3.42. The second-order valence-corrected chi connectivity index (χ2v) is 10.5.